The van der Waals surface area contributed by atoms with Crippen molar-refractivity contribution in [2.75, 3.05) is 39.9 Å². The van der Waals surface area contributed by atoms with Crippen LogP contribution >= 0.6 is 0 Å². The summed E-state index contributed by atoms with van der Waals surface area (Å²) in [5.41, 5.74) is 4.19. The van der Waals surface area contributed by atoms with E-state index in [1.165, 1.54) is 37.8 Å². The molecule has 5 nitrogen and oxygen atoms in total. The molecular weight excluding hydrogens is 417 g/mol. The summed E-state index contributed by atoms with van der Waals surface area (Å²) < 4.78 is 6.36. The number of carbonyl (C=O) groups is 1. The number of quaternary nitrogens is 1. The molecule has 4 saturated carbocycles. The smallest absolute Gasteiger partial charge is 0.245 e. The van der Waals surface area contributed by atoms with Crippen molar-refractivity contribution in [2.24, 2.45) is 28.8 Å². The van der Waals surface area contributed by atoms with Crippen molar-refractivity contribution in [1.82, 2.24) is 5.43 Å². The molecule has 1 heterocycles. The molecule has 5 rings (SSSR count). The van der Waals surface area contributed by atoms with E-state index < -0.39 is 0 Å². The number of halogens is 1. The first-order valence-corrected chi connectivity index (χ1v) is 9.39. The lowest BCUT2D eigenvalue weighted by Gasteiger charge is -2.50. The number of carbonyl (C=O) groups excluding carboxylic acids is 1. The molecule has 1 N–H and O–H groups in total. The Morgan fingerprint density at radius 3 is 2.29 bits per heavy atom. The second-order valence-electron chi connectivity index (χ2n) is 8.53. The van der Waals surface area contributed by atoms with E-state index in [4.69, 9.17) is 4.74 Å². The van der Waals surface area contributed by atoms with Gasteiger partial charge in [0.15, 0.2) is 0 Å². The van der Waals surface area contributed by atoms with E-state index in [0.717, 1.165) is 49.2 Å². The van der Waals surface area contributed by atoms with Gasteiger partial charge in [-0.15, -0.1) is 0 Å². The summed E-state index contributed by atoms with van der Waals surface area (Å²) >= 11 is 0. The molecule has 4 bridgehead atoms. The molecule has 1 amide bonds. The number of nitrogens with zero attached hydrogens (tertiary/aromatic N) is 2. The molecule has 1 saturated heterocycles. The van der Waals surface area contributed by atoms with Gasteiger partial charge in [0.05, 0.1) is 33.2 Å². The topological polar surface area (TPSA) is 50.7 Å². The van der Waals surface area contributed by atoms with Gasteiger partial charge in [-0.1, -0.05) is 0 Å². The third-order valence-corrected chi connectivity index (χ3v) is 6.71. The minimum Gasteiger partial charge on any atom is -1.00 e. The molecular formula is C18H30IN3O2. The second kappa shape index (κ2) is 7.58. The zero-order valence-electron chi connectivity index (χ0n) is 14.7. The number of hydrogen-bond donors (Lipinski definition) is 1. The van der Waals surface area contributed by atoms with Gasteiger partial charge in [0.25, 0.3) is 0 Å². The highest BCUT2D eigenvalue weighted by atomic mass is 127. The van der Waals surface area contributed by atoms with Crippen LogP contribution in [0.1, 0.15) is 38.5 Å². The highest BCUT2D eigenvalue weighted by Gasteiger charge is 2.46. The van der Waals surface area contributed by atoms with Gasteiger partial charge >= 0.3 is 0 Å². The second-order valence-corrected chi connectivity index (χ2v) is 8.53. The van der Waals surface area contributed by atoms with Crippen molar-refractivity contribution in [1.29, 1.82) is 0 Å². The SMILES string of the molecule is C[N+]1(CCC(=O)NN=C2C3CC4CC(C3)CC2C4)CCOCC1.[I-]. The molecule has 5 fully saturated rings. The fourth-order valence-corrected chi connectivity index (χ4v) is 5.41. The third kappa shape index (κ3) is 3.96. The Morgan fingerprint density at radius 2 is 1.71 bits per heavy atom. The number of morpholine rings is 1. The van der Waals surface area contributed by atoms with Crippen molar-refractivity contribution in [3.63, 3.8) is 0 Å². The number of likely N-dealkylation sites (N-methyl/N-ethyl adjacent to an activating group) is 1. The minimum atomic E-state index is 0. The average Bonchev–Trinajstić information content (AvgIpc) is 2.52. The van der Waals surface area contributed by atoms with Crippen LogP contribution in [0.5, 0.6) is 0 Å². The van der Waals surface area contributed by atoms with Gasteiger partial charge in [-0.2, -0.15) is 5.10 Å². The Hall–Kier alpha value is -0.210. The fourth-order valence-electron chi connectivity index (χ4n) is 5.41. The summed E-state index contributed by atoms with van der Waals surface area (Å²) in [6.45, 7) is 4.53. The summed E-state index contributed by atoms with van der Waals surface area (Å²) in [5.74, 6) is 3.29. The van der Waals surface area contributed by atoms with Gasteiger partial charge in [-0.25, -0.2) is 5.43 Å². The molecule has 0 aromatic rings. The molecule has 1 aliphatic heterocycles. The van der Waals surface area contributed by atoms with Gasteiger partial charge in [0.1, 0.15) is 13.1 Å². The highest BCUT2D eigenvalue weighted by molar-refractivity contribution is 5.91. The Morgan fingerprint density at radius 1 is 1.12 bits per heavy atom. The zero-order chi connectivity index (χ0) is 15.9. The molecule has 5 aliphatic rings. The Kier molecular flexibility index (Phi) is 5.87. The summed E-state index contributed by atoms with van der Waals surface area (Å²) in [7, 11) is 2.22. The lowest BCUT2D eigenvalue weighted by molar-refractivity contribution is -0.916. The van der Waals surface area contributed by atoms with Crippen molar-refractivity contribution < 1.29 is 38.0 Å². The molecule has 0 unspecified atom stereocenters. The number of amides is 1. The number of rotatable bonds is 4. The normalized spacial score (nSPS) is 36.1. The van der Waals surface area contributed by atoms with Crippen molar-refractivity contribution >= 4 is 11.6 Å². The van der Waals surface area contributed by atoms with Crippen molar-refractivity contribution in [3.8, 4) is 0 Å². The lowest BCUT2D eigenvalue weighted by Crippen LogP contribution is -3.00. The largest absolute Gasteiger partial charge is 1.00 e. The first-order chi connectivity index (χ1) is 11.1. The van der Waals surface area contributed by atoms with Gasteiger partial charge < -0.3 is 33.2 Å². The highest BCUT2D eigenvalue weighted by Crippen LogP contribution is 2.52. The molecule has 0 aromatic carbocycles. The maximum atomic E-state index is 12.2. The van der Waals surface area contributed by atoms with Crippen LogP contribution in [0.3, 0.4) is 0 Å². The summed E-state index contributed by atoms with van der Waals surface area (Å²) in [4.78, 5) is 12.2. The van der Waals surface area contributed by atoms with E-state index in [-0.39, 0.29) is 29.9 Å². The Labute approximate surface area is 162 Å². The summed E-state index contributed by atoms with van der Waals surface area (Å²) in [5, 5.41) is 4.59. The molecule has 136 valence electrons. The molecule has 6 heteroatoms. The molecule has 24 heavy (non-hydrogen) atoms. The van der Waals surface area contributed by atoms with Crippen LogP contribution in [0.15, 0.2) is 5.10 Å². The van der Waals surface area contributed by atoms with Gasteiger partial charge in [0.2, 0.25) is 5.91 Å². The predicted octanol–water partition coefficient (Wildman–Crippen LogP) is -1.21. The number of hydrogen-bond acceptors (Lipinski definition) is 3. The van der Waals surface area contributed by atoms with Gasteiger partial charge in [-0.3, -0.25) is 4.79 Å². The van der Waals surface area contributed by atoms with Crippen LogP contribution in [-0.2, 0) is 9.53 Å². The first-order valence-electron chi connectivity index (χ1n) is 9.39. The molecule has 0 atom stereocenters. The van der Waals surface area contributed by atoms with Crippen molar-refractivity contribution in [3.05, 3.63) is 0 Å². The van der Waals surface area contributed by atoms with Gasteiger partial charge in [0, 0.05) is 5.71 Å². The van der Waals surface area contributed by atoms with E-state index in [9.17, 15) is 4.79 Å². The van der Waals surface area contributed by atoms with Crippen LogP contribution in [0, 0.1) is 23.7 Å². The number of hydrazone groups is 1. The van der Waals surface area contributed by atoms with Crippen LogP contribution in [0.2, 0.25) is 0 Å². The quantitative estimate of drug-likeness (QED) is 0.334. The van der Waals surface area contributed by atoms with Gasteiger partial charge in [-0.05, 0) is 55.8 Å². The number of nitrogens with one attached hydrogen (secondary N) is 1. The van der Waals surface area contributed by atoms with E-state index in [1.807, 2.05) is 0 Å². The van der Waals surface area contributed by atoms with Crippen LogP contribution in [-0.4, -0.2) is 56.0 Å². The third-order valence-electron chi connectivity index (χ3n) is 6.71. The molecule has 4 aliphatic carbocycles. The molecule has 0 spiro atoms. The van der Waals surface area contributed by atoms with E-state index in [0.29, 0.717) is 18.3 Å². The van der Waals surface area contributed by atoms with Crippen molar-refractivity contribution in [2.45, 2.75) is 38.5 Å². The van der Waals surface area contributed by atoms with E-state index in [1.54, 1.807) is 0 Å². The molecule has 0 aromatic heterocycles. The lowest BCUT2D eigenvalue weighted by atomic mass is 9.55. The maximum Gasteiger partial charge on any atom is 0.245 e. The standard InChI is InChI=1S/C18H29N3O2.HI/c1-21(4-6-23-7-5-21)3-2-17(22)19-20-18-15-9-13-8-14(11-15)12-16(18)10-13;/h13-16H,2-12H2,1H3;1H. The zero-order valence-corrected chi connectivity index (χ0v) is 16.8. The van der Waals surface area contributed by atoms with E-state index in [2.05, 4.69) is 17.6 Å². The monoisotopic (exact) mass is 447 g/mol. The Bertz CT molecular complexity index is 472. The maximum absolute atomic E-state index is 12.2. The minimum absolute atomic E-state index is 0. The fraction of sp³-hybridized carbons (Fsp3) is 0.889. The van der Waals surface area contributed by atoms with E-state index >= 15 is 0 Å². The van der Waals surface area contributed by atoms with Crippen LogP contribution in [0.25, 0.3) is 0 Å². The average molecular weight is 447 g/mol. The van der Waals surface area contributed by atoms with Crippen LogP contribution in [0.4, 0.5) is 0 Å². The summed E-state index contributed by atoms with van der Waals surface area (Å²) in [6, 6.07) is 0. The Balaban J connectivity index is 0.00000169. The predicted molar refractivity (Wildman–Crippen MR) is 88.8 cm³/mol. The number of ether oxygens (including phenoxy) is 1. The first kappa shape index (κ1) is 18.6. The summed E-state index contributed by atoms with van der Waals surface area (Å²) in [6.07, 6.45) is 7.28. The van der Waals surface area contributed by atoms with Crippen LogP contribution < -0.4 is 29.4 Å². The molecule has 0 radical (unpaired) electrons.